The Morgan fingerprint density at radius 2 is 1.91 bits per heavy atom. The fourth-order valence-electron chi connectivity index (χ4n) is 3.77. The molecule has 5 heteroatoms. The Hall–Kier alpha value is -1.91. The van der Waals surface area contributed by atoms with E-state index in [-0.39, 0.29) is 29.2 Å². The third-order valence-electron chi connectivity index (χ3n) is 5.18. The lowest BCUT2D eigenvalue weighted by Crippen LogP contribution is -2.43. The van der Waals surface area contributed by atoms with Crippen LogP contribution in [0.2, 0.25) is 0 Å². The number of H-pyrrole nitrogens is 1. The number of ketones is 1. The van der Waals surface area contributed by atoms with Crippen LogP contribution in [-0.4, -0.2) is 22.7 Å². The number of nitrogens with one attached hydrogen (secondary N) is 2. The second-order valence-corrected chi connectivity index (χ2v) is 7.18. The Balaban J connectivity index is 1.85. The lowest BCUT2D eigenvalue weighted by atomic mass is 9.85. The fourth-order valence-corrected chi connectivity index (χ4v) is 3.77. The molecule has 0 spiro atoms. The summed E-state index contributed by atoms with van der Waals surface area (Å²) in [7, 11) is 0. The fraction of sp³-hybridized carbons (Fsp3) is 0.611. The Morgan fingerprint density at radius 1 is 1.17 bits per heavy atom. The van der Waals surface area contributed by atoms with E-state index in [1.165, 1.54) is 12.5 Å². The van der Waals surface area contributed by atoms with Gasteiger partial charge in [-0.3, -0.25) is 14.4 Å². The van der Waals surface area contributed by atoms with Crippen molar-refractivity contribution in [3.63, 3.8) is 0 Å². The smallest absolute Gasteiger partial charge is 0.261 e. The van der Waals surface area contributed by atoms with Crippen LogP contribution in [-0.2, 0) is 6.42 Å². The third kappa shape index (κ3) is 3.23. The summed E-state index contributed by atoms with van der Waals surface area (Å²) in [4.78, 5) is 39.7. The van der Waals surface area contributed by atoms with E-state index in [0.717, 1.165) is 19.3 Å². The molecule has 2 N–H and O–H groups in total. The number of aromatic amines is 1. The summed E-state index contributed by atoms with van der Waals surface area (Å²) in [6.07, 6.45) is 5.50. The molecule has 1 aromatic heterocycles. The largest absolute Gasteiger partial charge is 0.349 e. The Morgan fingerprint density at radius 3 is 2.65 bits per heavy atom. The van der Waals surface area contributed by atoms with Crippen molar-refractivity contribution in [1.29, 1.82) is 0 Å². The molecule has 0 unspecified atom stereocenters. The number of hydrogen-bond acceptors (Lipinski definition) is 3. The first-order valence-corrected chi connectivity index (χ1v) is 8.56. The topological polar surface area (TPSA) is 79.0 Å². The van der Waals surface area contributed by atoms with Gasteiger partial charge in [-0.2, -0.15) is 0 Å². The molecule has 2 aliphatic carbocycles. The number of fused-ring (bicyclic) bond motifs is 1. The maximum atomic E-state index is 12.5. The molecule has 0 bridgehead atoms. The van der Waals surface area contributed by atoms with Crippen LogP contribution in [0.1, 0.15) is 72.4 Å². The standard InChI is InChI=1S/C18H24N2O3/c1-10-7-15-12(16(21)8-10)9-13(18(23)20-15)17(22)19-14-6-4-3-5-11(14)2/h9-11,14H,3-8H2,1-2H3,(H,19,22)(H,20,23)/t10-,11+,14-/m0/s1. The molecule has 1 amide bonds. The first kappa shape index (κ1) is 16.0. The third-order valence-corrected chi connectivity index (χ3v) is 5.18. The van der Waals surface area contributed by atoms with Crippen LogP contribution in [0.5, 0.6) is 0 Å². The first-order valence-electron chi connectivity index (χ1n) is 8.56. The average molecular weight is 316 g/mol. The maximum absolute atomic E-state index is 12.5. The van der Waals surface area contributed by atoms with Crippen molar-refractivity contribution >= 4 is 11.7 Å². The molecule has 3 atom stereocenters. The summed E-state index contributed by atoms with van der Waals surface area (Å²) in [6.45, 7) is 4.12. The highest BCUT2D eigenvalue weighted by Gasteiger charge is 2.28. The van der Waals surface area contributed by atoms with Crippen molar-refractivity contribution in [2.75, 3.05) is 0 Å². The number of aromatic nitrogens is 1. The van der Waals surface area contributed by atoms with Gasteiger partial charge in [0, 0.05) is 23.7 Å². The number of amides is 1. The van der Waals surface area contributed by atoms with Crippen molar-refractivity contribution in [1.82, 2.24) is 10.3 Å². The van der Waals surface area contributed by atoms with Gasteiger partial charge in [0.05, 0.1) is 0 Å². The highest BCUT2D eigenvalue weighted by atomic mass is 16.2. The van der Waals surface area contributed by atoms with Gasteiger partial charge in [0.15, 0.2) is 5.78 Å². The van der Waals surface area contributed by atoms with Gasteiger partial charge < -0.3 is 10.3 Å². The normalized spacial score (nSPS) is 27.4. The van der Waals surface area contributed by atoms with Crippen LogP contribution in [0.15, 0.2) is 10.9 Å². The van der Waals surface area contributed by atoms with Crippen LogP contribution in [0, 0.1) is 11.8 Å². The molecule has 124 valence electrons. The van der Waals surface area contributed by atoms with Crippen LogP contribution < -0.4 is 10.9 Å². The van der Waals surface area contributed by atoms with Crippen LogP contribution in [0.4, 0.5) is 0 Å². The van der Waals surface area contributed by atoms with Gasteiger partial charge in [-0.1, -0.05) is 26.7 Å². The SMILES string of the molecule is C[C@@H]1CC(=O)c2cc(C(=O)N[C@H]3CCCC[C@H]3C)c(=O)[nH]c2C1. The van der Waals surface area contributed by atoms with Crippen LogP contribution in [0.3, 0.4) is 0 Å². The van der Waals surface area contributed by atoms with E-state index in [1.54, 1.807) is 0 Å². The van der Waals surface area contributed by atoms with Crippen molar-refractivity contribution in [3.8, 4) is 0 Å². The summed E-state index contributed by atoms with van der Waals surface area (Å²) in [6, 6.07) is 1.60. The summed E-state index contributed by atoms with van der Waals surface area (Å²) >= 11 is 0. The van der Waals surface area contributed by atoms with Gasteiger partial charge in [-0.25, -0.2) is 0 Å². The molecule has 5 nitrogen and oxygen atoms in total. The predicted molar refractivity (Wildman–Crippen MR) is 87.8 cm³/mol. The molecule has 0 aliphatic heterocycles. The monoisotopic (exact) mass is 316 g/mol. The zero-order valence-corrected chi connectivity index (χ0v) is 13.8. The lowest BCUT2D eigenvalue weighted by Gasteiger charge is -2.29. The number of carbonyl (C=O) groups excluding carboxylic acids is 2. The summed E-state index contributed by atoms with van der Waals surface area (Å²) in [5, 5.41) is 2.99. The Labute approximate surface area is 135 Å². The second kappa shape index (κ2) is 6.30. The van der Waals surface area contributed by atoms with Gasteiger partial charge in [0.25, 0.3) is 11.5 Å². The number of pyridine rings is 1. The van der Waals surface area contributed by atoms with Gasteiger partial charge in [0.2, 0.25) is 0 Å². The van der Waals surface area contributed by atoms with Gasteiger partial charge in [-0.05, 0) is 37.2 Å². The molecule has 23 heavy (non-hydrogen) atoms. The second-order valence-electron chi connectivity index (χ2n) is 7.18. The first-order chi connectivity index (χ1) is 11.0. The average Bonchev–Trinajstić information content (AvgIpc) is 2.48. The molecule has 1 heterocycles. The molecule has 3 rings (SSSR count). The molecule has 1 aromatic rings. The van der Waals surface area contributed by atoms with E-state index in [2.05, 4.69) is 17.2 Å². The Kier molecular flexibility index (Phi) is 4.37. The number of hydrogen-bond donors (Lipinski definition) is 2. The molecule has 0 radical (unpaired) electrons. The molecular weight excluding hydrogens is 292 g/mol. The maximum Gasteiger partial charge on any atom is 0.261 e. The molecular formula is C18H24N2O3. The van der Waals surface area contributed by atoms with E-state index >= 15 is 0 Å². The van der Waals surface area contributed by atoms with Crippen molar-refractivity contribution in [3.05, 3.63) is 33.2 Å². The minimum atomic E-state index is -0.397. The molecule has 2 aliphatic rings. The summed E-state index contributed by atoms with van der Waals surface area (Å²) < 4.78 is 0. The zero-order chi connectivity index (χ0) is 16.6. The van der Waals surface area contributed by atoms with E-state index in [0.29, 0.717) is 30.0 Å². The summed E-state index contributed by atoms with van der Waals surface area (Å²) in [5.74, 6) is 0.301. The number of Topliss-reactive ketones (excluding diaryl/α,β-unsaturated/α-hetero) is 1. The van der Waals surface area contributed by atoms with E-state index in [9.17, 15) is 14.4 Å². The van der Waals surface area contributed by atoms with E-state index < -0.39 is 5.56 Å². The van der Waals surface area contributed by atoms with E-state index in [4.69, 9.17) is 0 Å². The van der Waals surface area contributed by atoms with Crippen molar-refractivity contribution < 1.29 is 9.59 Å². The van der Waals surface area contributed by atoms with Crippen molar-refractivity contribution in [2.24, 2.45) is 11.8 Å². The van der Waals surface area contributed by atoms with Crippen molar-refractivity contribution in [2.45, 2.75) is 58.4 Å². The molecule has 0 aromatic carbocycles. The minimum Gasteiger partial charge on any atom is -0.349 e. The highest BCUT2D eigenvalue weighted by molar-refractivity contribution is 6.01. The summed E-state index contributed by atoms with van der Waals surface area (Å²) in [5.41, 5.74) is 0.835. The van der Waals surface area contributed by atoms with Gasteiger partial charge in [0.1, 0.15) is 5.56 Å². The predicted octanol–water partition coefficient (Wildman–Crippen LogP) is 2.45. The quantitative estimate of drug-likeness (QED) is 0.879. The molecule has 1 saturated carbocycles. The zero-order valence-electron chi connectivity index (χ0n) is 13.8. The van der Waals surface area contributed by atoms with Gasteiger partial charge >= 0.3 is 0 Å². The number of carbonyl (C=O) groups is 2. The minimum absolute atomic E-state index is 0.00934. The highest BCUT2D eigenvalue weighted by Crippen LogP contribution is 2.25. The molecule has 1 fully saturated rings. The lowest BCUT2D eigenvalue weighted by molar-refractivity contribution is 0.0908. The van der Waals surface area contributed by atoms with Crippen LogP contribution >= 0.6 is 0 Å². The number of rotatable bonds is 2. The van der Waals surface area contributed by atoms with Crippen LogP contribution in [0.25, 0.3) is 0 Å². The Bertz CT molecular complexity index is 692. The van der Waals surface area contributed by atoms with Gasteiger partial charge in [-0.15, -0.1) is 0 Å². The van der Waals surface area contributed by atoms with E-state index in [1.807, 2.05) is 6.92 Å². The molecule has 0 saturated heterocycles.